The van der Waals surface area contributed by atoms with Crippen LogP contribution in [0.15, 0.2) is 47.8 Å². The maximum atomic E-state index is 12.2. The lowest BCUT2D eigenvalue weighted by Crippen LogP contribution is -2.07. The number of hydrogen-bond acceptors (Lipinski definition) is 5. The minimum absolute atomic E-state index is 0.265. The number of benzene rings is 2. The van der Waals surface area contributed by atoms with Crippen molar-refractivity contribution >= 4 is 45.5 Å². The Morgan fingerprint density at radius 1 is 1.15 bits per heavy atom. The van der Waals surface area contributed by atoms with E-state index in [9.17, 15) is 4.79 Å². The lowest BCUT2D eigenvalue weighted by Gasteiger charge is -2.12. The third kappa shape index (κ3) is 4.38. The SMILES string of the molecule is CCOC(=O)c1c(-c2cc(Cl)c(OCc3ccccc3)c(Cl)c2)csc1N. The van der Waals surface area contributed by atoms with E-state index in [1.54, 1.807) is 24.4 Å². The van der Waals surface area contributed by atoms with E-state index in [-0.39, 0.29) is 6.61 Å². The Kier molecular flexibility index (Phi) is 6.26. The number of thiophene rings is 1. The molecule has 140 valence electrons. The summed E-state index contributed by atoms with van der Waals surface area (Å²) in [6.07, 6.45) is 0. The van der Waals surface area contributed by atoms with Crippen LogP contribution in [-0.2, 0) is 11.3 Å². The van der Waals surface area contributed by atoms with Crippen LogP contribution < -0.4 is 10.5 Å². The number of halogens is 2. The fourth-order valence-corrected chi connectivity index (χ4v) is 3.99. The van der Waals surface area contributed by atoms with Crippen molar-refractivity contribution in [3.05, 3.63) is 69.0 Å². The van der Waals surface area contributed by atoms with Gasteiger partial charge in [0.25, 0.3) is 0 Å². The van der Waals surface area contributed by atoms with Crippen molar-refractivity contribution < 1.29 is 14.3 Å². The molecule has 0 unspecified atom stereocenters. The first-order valence-corrected chi connectivity index (χ1v) is 9.85. The molecule has 0 aliphatic rings. The fraction of sp³-hybridized carbons (Fsp3) is 0.150. The molecular formula is C20H17Cl2NO3S. The maximum Gasteiger partial charge on any atom is 0.341 e. The summed E-state index contributed by atoms with van der Waals surface area (Å²) < 4.78 is 10.9. The van der Waals surface area contributed by atoms with Crippen molar-refractivity contribution in [1.29, 1.82) is 0 Å². The number of ether oxygens (including phenoxy) is 2. The lowest BCUT2D eigenvalue weighted by atomic mass is 10.0. The summed E-state index contributed by atoms with van der Waals surface area (Å²) in [7, 11) is 0. The van der Waals surface area contributed by atoms with Gasteiger partial charge in [-0.15, -0.1) is 11.3 Å². The molecule has 0 aliphatic carbocycles. The van der Waals surface area contributed by atoms with Gasteiger partial charge in [-0.25, -0.2) is 4.79 Å². The van der Waals surface area contributed by atoms with E-state index in [1.807, 2.05) is 30.3 Å². The molecular weight excluding hydrogens is 405 g/mol. The zero-order valence-corrected chi connectivity index (χ0v) is 16.8. The van der Waals surface area contributed by atoms with E-state index >= 15 is 0 Å². The minimum atomic E-state index is -0.470. The van der Waals surface area contributed by atoms with Gasteiger partial charge in [0.2, 0.25) is 0 Å². The monoisotopic (exact) mass is 421 g/mol. The average molecular weight is 422 g/mol. The lowest BCUT2D eigenvalue weighted by molar-refractivity contribution is 0.0529. The number of carbonyl (C=O) groups is 1. The normalized spacial score (nSPS) is 10.6. The first-order valence-electron chi connectivity index (χ1n) is 8.21. The molecule has 1 aromatic heterocycles. The molecule has 0 bridgehead atoms. The smallest absolute Gasteiger partial charge is 0.341 e. The summed E-state index contributed by atoms with van der Waals surface area (Å²) in [4.78, 5) is 12.2. The average Bonchev–Trinajstić information content (AvgIpc) is 3.03. The zero-order valence-electron chi connectivity index (χ0n) is 14.5. The van der Waals surface area contributed by atoms with Crippen LogP contribution in [0.3, 0.4) is 0 Å². The zero-order chi connectivity index (χ0) is 19.4. The van der Waals surface area contributed by atoms with Gasteiger partial charge >= 0.3 is 5.97 Å². The molecule has 0 saturated carbocycles. The van der Waals surface area contributed by atoms with E-state index in [2.05, 4.69) is 0 Å². The molecule has 27 heavy (non-hydrogen) atoms. The number of esters is 1. The Balaban J connectivity index is 1.90. The standard InChI is InChI=1S/C20H17Cl2NO3S/c1-2-25-20(24)17-14(11-27-19(17)23)13-8-15(21)18(16(22)9-13)26-10-12-6-4-3-5-7-12/h3-9,11H,2,10,23H2,1H3. The van der Waals surface area contributed by atoms with Gasteiger partial charge in [-0.05, 0) is 30.2 Å². The number of nitrogen functional groups attached to an aromatic ring is 1. The fourth-order valence-electron chi connectivity index (χ4n) is 2.58. The molecule has 0 saturated heterocycles. The van der Waals surface area contributed by atoms with Gasteiger partial charge < -0.3 is 15.2 Å². The molecule has 7 heteroatoms. The highest BCUT2D eigenvalue weighted by molar-refractivity contribution is 7.15. The predicted octanol–water partition coefficient (Wildman–Crippen LogP) is 6.06. The van der Waals surface area contributed by atoms with Gasteiger partial charge in [-0.2, -0.15) is 0 Å². The third-order valence-corrected chi connectivity index (χ3v) is 5.21. The van der Waals surface area contributed by atoms with E-state index in [1.165, 1.54) is 11.3 Å². The summed E-state index contributed by atoms with van der Waals surface area (Å²) in [5, 5.41) is 2.88. The molecule has 4 nitrogen and oxygen atoms in total. The summed E-state index contributed by atoms with van der Waals surface area (Å²) in [5.41, 5.74) is 8.59. The number of carbonyl (C=O) groups excluding carboxylic acids is 1. The maximum absolute atomic E-state index is 12.2. The molecule has 2 N–H and O–H groups in total. The minimum Gasteiger partial charge on any atom is -0.486 e. The van der Waals surface area contributed by atoms with Gasteiger partial charge in [-0.3, -0.25) is 0 Å². The van der Waals surface area contributed by atoms with Crippen molar-refractivity contribution in [2.75, 3.05) is 12.3 Å². The number of hydrogen-bond donors (Lipinski definition) is 1. The molecule has 0 atom stereocenters. The van der Waals surface area contributed by atoms with Crippen LogP contribution in [-0.4, -0.2) is 12.6 Å². The van der Waals surface area contributed by atoms with Crippen molar-refractivity contribution in [2.45, 2.75) is 13.5 Å². The highest BCUT2D eigenvalue weighted by Gasteiger charge is 2.21. The second kappa shape index (κ2) is 8.65. The Morgan fingerprint density at radius 3 is 2.44 bits per heavy atom. The highest BCUT2D eigenvalue weighted by Crippen LogP contribution is 2.41. The second-order valence-corrected chi connectivity index (χ2v) is 7.38. The molecule has 0 aliphatic heterocycles. The van der Waals surface area contributed by atoms with Gasteiger partial charge in [0.15, 0.2) is 5.75 Å². The van der Waals surface area contributed by atoms with Crippen LogP contribution in [0.25, 0.3) is 11.1 Å². The molecule has 0 radical (unpaired) electrons. The Labute approximate surface area is 171 Å². The van der Waals surface area contributed by atoms with Crippen molar-refractivity contribution in [2.24, 2.45) is 0 Å². The molecule has 3 aromatic rings. The Hall–Kier alpha value is -2.21. The molecule has 0 spiro atoms. The second-order valence-electron chi connectivity index (χ2n) is 5.65. The van der Waals surface area contributed by atoms with Gasteiger partial charge in [0.05, 0.1) is 16.7 Å². The Morgan fingerprint density at radius 2 is 1.81 bits per heavy atom. The van der Waals surface area contributed by atoms with Gasteiger partial charge in [0.1, 0.15) is 17.2 Å². The quantitative estimate of drug-likeness (QED) is 0.491. The van der Waals surface area contributed by atoms with E-state index in [4.69, 9.17) is 38.4 Å². The third-order valence-electron chi connectivity index (χ3n) is 3.83. The molecule has 0 amide bonds. The largest absolute Gasteiger partial charge is 0.486 e. The van der Waals surface area contributed by atoms with Crippen molar-refractivity contribution in [3.8, 4) is 16.9 Å². The number of nitrogens with two attached hydrogens (primary N) is 1. The van der Waals surface area contributed by atoms with E-state index in [0.717, 1.165) is 5.56 Å². The Bertz CT molecular complexity index is 934. The highest BCUT2D eigenvalue weighted by atomic mass is 35.5. The van der Waals surface area contributed by atoms with Crippen LogP contribution in [0, 0.1) is 0 Å². The summed E-state index contributed by atoms with van der Waals surface area (Å²) in [6, 6.07) is 13.1. The van der Waals surface area contributed by atoms with Crippen LogP contribution in [0.4, 0.5) is 5.00 Å². The summed E-state index contributed by atoms with van der Waals surface area (Å²) in [6.45, 7) is 2.35. The number of anilines is 1. The van der Waals surface area contributed by atoms with Crippen LogP contribution in [0.5, 0.6) is 5.75 Å². The summed E-state index contributed by atoms with van der Waals surface area (Å²) in [5.74, 6) is -0.0743. The molecule has 2 aromatic carbocycles. The van der Waals surface area contributed by atoms with Crippen LogP contribution in [0.1, 0.15) is 22.8 Å². The van der Waals surface area contributed by atoms with Crippen molar-refractivity contribution in [3.63, 3.8) is 0 Å². The first-order chi connectivity index (χ1) is 13.0. The van der Waals surface area contributed by atoms with Gasteiger partial charge in [0, 0.05) is 10.9 Å². The topological polar surface area (TPSA) is 61.5 Å². The van der Waals surface area contributed by atoms with E-state index in [0.29, 0.717) is 44.1 Å². The predicted molar refractivity (Wildman–Crippen MR) is 111 cm³/mol. The van der Waals surface area contributed by atoms with Crippen LogP contribution in [0.2, 0.25) is 10.0 Å². The van der Waals surface area contributed by atoms with E-state index < -0.39 is 5.97 Å². The molecule has 3 rings (SSSR count). The summed E-state index contributed by atoms with van der Waals surface area (Å²) >= 11 is 14.1. The molecule has 1 heterocycles. The molecule has 0 fully saturated rings. The van der Waals surface area contributed by atoms with Gasteiger partial charge in [-0.1, -0.05) is 53.5 Å². The first kappa shape index (κ1) is 19.5. The van der Waals surface area contributed by atoms with Crippen molar-refractivity contribution in [1.82, 2.24) is 0 Å². The number of rotatable bonds is 6. The van der Waals surface area contributed by atoms with Crippen LogP contribution >= 0.6 is 34.5 Å².